The van der Waals surface area contributed by atoms with Crippen molar-refractivity contribution in [3.05, 3.63) is 35.9 Å². The quantitative estimate of drug-likeness (QED) is 0.661. The van der Waals surface area contributed by atoms with Crippen LogP contribution in [0.3, 0.4) is 0 Å². The van der Waals surface area contributed by atoms with Crippen LogP contribution < -0.4 is 0 Å². The lowest BCUT2D eigenvalue weighted by Gasteiger charge is -2.18. The molecule has 0 radical (unpaired) electrons. The summed E-state index contributed by atoms with van der Waals surface area (Å²) in [4.78, 5) is 7.73. The molecular formula is C12H20N2O. The van der Waals surface area contributed by atoms with E-state index >= 15 is 0 Å². The van der Waals surface area contributed by atoms with Crippen LogP contribution in [0.25, 0.3) is 0 Å². The summed E-state index contributed by atoms with van der Waals surface area (Å²) in [7, 11) is 6.09. The summed E-state index contributed by atoms with van der Waals surface area (Å²) >= 11 is 0. The lowest BCUT2D eigenvalue weighted by molar-refractivity contribution is -0.151. The van der Waals surface area contributed by atoms with Gasteiger partial charge in [0.25, 0.3) is 0 Å². The van der Waals surface area contributed by atoms with E-state index < -0.39 is 0 Å². The second kappa shape index (κ2) is 6.56. The fourth-order valence-electron chi connectivity index (χ4n) is 1.16. The maximum atomic E-state index is 5.59. The summed E-state index contributed by atoms with van der Waals surface area (Å²) in [5.41, 5.74) is 1.20. The number of benzene rings is 1. The fraction of sp³-hybridized carbons (Fsp3) is 0.500. The Kier molecular flexibility index (Phi) is 5.32. The van der Waals surface area contributed by atoms with Gasteiger partial charge in [-0.15, -0.1) is 0 Å². The number of hydrogen-bond donors (Lipinski definition) is 0. The molecule has 1 aromatic carbocycles. The number of likely N-dealkylation sites (N-methyl/N-ethyl adjacent to an activating group) is 2. The first-order valence-electron chi connectivity index (χ1n) is 5.21. The second-order valence-electron chi connectivity index (χ2n) is 3.91. The molecule has 0 aromatic heterocycles. The first-order chi connectivity index (χ1) is 7.18. The third-order valence-corrected chi connectivity index (χ3v) is 2.16. The third kappa shape index (κ3) is 5.52. The van der Waals surface area contributed by atoms with Crippen molar-refractivity contribution >= 4 is 0 Å². The Morgan fingerprint density at radius 1 is 1.00 bits per heavy atom. The molecule has 3 heteroatoms. The summed E-state index contributed by atoms with van der Waals surface area (Å²) in [6.07, 6.45) is 0. The fourth-order valence-corrected chi connectivity index (χ4v) is 1.16. The largest absolute Gasteiger partial charge is 0.308 e. The van der Waals surface area contributed by atoms with Crippen molar-refractivity contribution in [3.8, 4) is 0 Å². The SMILES string of the molecule is CN(C)CCN(C)OCc1ccccc1. The monoisotopic (exact) mass is 208 g/mol. The molecule has 0 spiro atoms. The van der Waals surface area contributed by atoms with E-state index in [2.05, 4.69) is 31.1 Å². The van der Waals surface area contributed by atoms with Crippen molar-refractivity contribution in [2.45, 2.75) is 6.61 Å². The van der Waals surface area contributed by atoms with Crippen LogP contribution in [0.5, 0.6) is 0 Å². The molecule has 1 rings (SSSR count). The molecule has 0 bridgehead atoms. The number of nitrogens with zero attached hydrogens (tertiary/aromatic N) is 2. The van der Waals surface area contributed by atoms with E-state index in [0.717, 1.165) is 13.1 Å². The molecule has 0 atom stereocenters. The van der Waals surface area contributed by atoms with Gasteiger partial charge in [0.05, 0.1) is 6.61 Å². The highest BCUT2D eigenvalue weighted by Crippen LogP contribution is 2.01. The number of hydroxylamine groups is 2. The van der Waals surface area contributed by atoms with Crippen molar-refractivity contribution < 1.29 is 4.84 Å². The van der Waals surface area contributed by atoms with Gasteiger partial charge in [0.2, 0.25) is 0 Å². The molecule has 0 saturated carbocycles. The molecule has 0 fully saturated rings. The maximum Gasteiger partial charge on any atom is 0.0935 e. The van der Waals surface area contributed by atoms with Crippen LogP contribution in [0.2, 0.25) is 0 Å². The van der Waals surface area contributed by atoms with Crippen LogP contribution in [-0.2, 0) is 11.4 Å². The number of hydrogen-bond acceptors (Lipinski definition) is 3. The highest BCUT2D eigenvalue weighted by molar-refractivity contribution is 5.13. The van der Waals surface area contributed by atoms with Crippen molar-refractivity contribution in [2.75, 3.05) is 34.2 Å². The van der Waals surface area contributed by atoms with E-state index in [0.29, 0.717) is 6.61 Å². The Morgan fingerprint density at radius 3 is 2.27 bits per heavy atom. The molecule has 0 saturated heterocycles. The van der Waals surface area contributed by atoms with Crippen molar-refractivity contribution in [3.63, 3.8) is 0 Å². The van der Waals surface area contributed by atoms with Gasteiger partial charge in [-0.1, -0.05) is 30.3 Å². The van der Waals surface area contributed by atoms with Crippen LogP contribution in [0.15, 0.2) is 30.3 Å². The van der Waals surface area contributed by atoms with Gasteiger partial charge < -0.3 is 4.90 Å². The van der Waals surface area contributed by atoms with Gasteiger partial charge in [0, 0.05) is 20.1 Å². The average Bonchev–Trinajstić information content (AvgIpc) is 2.25. The van der Waals surface area contributed by atoms with Crippen molar-refractivity contribution in [1.82, 2.24) is 9.96 Å². The Hall–Kier alpha value is -0.900. The van der Waals surface area contributed by atoms with E-state index in [9.17, 15) is 0 Å². The molecule has 0 aliphatic heterocycles. The zero-order chi connectivity index (χ0) is 11.1. The minimum Gasteiger partial charge on any atom is -0.308 e. The van der Waals surface area contributed by atoms with E-state index in [4.69, 9.17) is 4.84 Å². The Labute approximate surface area is 92.2 Å². The van der Waals surface area contributed by atoms with Crippen LogP contribution in [0.1, 0.15) is 5.56 Å². The van der Waals surface area contributed by atoms with Gasteiger partial charge in [-0.25, -0.2) is 0 Å². The van der Waals surface area contributed by atoms with Crippen molar-refractivity contribution in [1.29, 1.82) is 0 Å². The average molecular weight is 208 g/mol. The first kappa shape index (κ1) is 12.2. The molecular weight excluding hydrogens is 188 g/mol. The normalized spacial score (nSPS) is 11.3. The highest BCUT2D eigenvalue weighted by atomic mass is 16.7. The molecule has 0 heterocycles. The molecule has 0 amide bonds. The topological polar surface area (TPSA) is 15.7 Å². The predicted molar refractivity (Wildman–Crippen MR) is 62.4 cm³/mol. The van der Waals surface area contributed by atoms with Crippen LogP contribution >= 0.6 is 0 Å². The Balaban J connectivity index is 2.19. The van der Waals surface area contributed by atoms with Gasteiger partial charge in [-0.05, 0) is 19.7 Å². The molecule has 0 unspecified atom stereocenters. The Bertz CT molecular complexity index is 262. The summed E-state index contributed by atoms with van der Waals surface area (Å²) in [6.45, 7) is 2.57. The van der Waals surface area contributed by atoms with Gasteiger partial charge in [-0.2, -0.15) is 5.06 Å². The lowest BCUT2D eigenvalue weighted by atomic mass is 10.2. The molecule has 0 aliphatic rings. The van der Waals surface area contributed by atoms with Gasteiger partial charge in [0.1, 0.15) is 0 Å². The van der Waals surface area contributed by atoms with Crippen molar-refractivity contribution in [2.24, 2.45) is 0 Å². The van der Waals surface area contributed by atoms with E-state index in [1.54, 1.807) is 0 Å². The summed E-state index contributed by atoms with van der Waals surface area (Å²) in [6, 6.07) is 10.2. The zero-order valence-corrected chi connectivity index (χ0v) is 9.81. The van der Waals surface area contributed by atoms with Crippen LogP contribution in [0, 0.1) is 0 Å². The molecule has 1 aromatic rings. The standard InChI is InChI=1S/C12H20N2O/c1-13(2)9-10-14(3)15-11-12-7-5-4-6-8-12/h4-8H,9-11H2,1-3H3. The first-order valence-corrected chi connectivity index (χ1v) is 5.21. The van der Waals surface area contributed by atoms with Gasteiger partial charge >= 0.3 is 0 Å². The van der Waals surface area contributed by atoms with E-state index in [1.807, 2.05) is 30.3 Å². The summed E-state index contributed by atoms with van der Waals surface area (Å²) in [5.74, 6) is 0. The van der Waals surface area contributed by atoms with Gasteiger partial charge in [0.15, 0.2) is 0 Å². The van der Waals surface area contributed by atoms with E-state index in [1.165, 1.54) is 5.56 Å². The predicted octanol–water partition coefficient (Wildman–Crippen LogP) is 1.61. The molecule has 0 aliphatic carbocycles. The molecule has 0 N–H and O–H groups in total. The number of rotatable bonds is 6. The van der Waals surface area contributed by atoms with Gasteiger partial charge in [-0.3, -0.25) is 4.84 Å². The summed E-state index contributed by atoms with van der Waals surface area (Å²) < 4.78 is 0. The smallest absolute Gasteiger partial charge is 0.0935 e. The van der Waals surface area contributed by atoms with Crippen LogP contribution in [-0.4, -0.2) is 44.2 Å². The molecule has 15 heavy (non-hydrogen) atoms. The highest BCUT2D eigenvalue weighted by Gasteiger charge is 1.99. The maximum absolute atomic E-state index is 5.59. The minimum absolute atomic E-state index is 0.644. The lowest BCUT2D eigenvalue weighted by Crippen LogP contribution is -2.28. The summed E-state index contributed by atoms with van der Waals surface area (Å²) in [5, 5.41) is 1.88. The minimum atomic E-state index is 0.644. The zero-order valence-electron chi connectivity index (χ0n) is 9.81. The molecule has 3 nitrogen and oxygen atoms in total. The molecule has 84 valence electrons. The van der Waals surface area contributed by atoms with E-state index in [-0.39, 0.29) is 0 Å². The third-order valence-electron chi connectivity index (χ3n) is 2.16. The Morgan fingerprint density at radius 2 is 1.67 bits per heavy atom. The van der Waals surface area contributed by atoms with Crippen LogP contribution in [0.4, 0.5) is 0 Å². The second-order valence-corrected chi connectivity index (χ2v) is 3.91.